The zero-order chi connectivity index (χ0) is 15.4. The summed E-state index contributed by atoms with van der Waals surface area (Å²) in [6, 6.07) is 4.83. The number of anilines is 1. The Morgan fingerprint density at radius 1 is 1.38 bits per heavy atom. The molecular weight excluding hydrogens is 268 g/mol. The Kier molecular flexibility index (Phi) is 4.83. The topological polar surface area (TPSA) is 69.6 Å². The molecule has 0 radical (unpaired) electrons. The summed E-state index contributed by atoms with van der Waals surface area (Å²) in [6.07, 6.45) is 2.77. The number of nitrogens with zero attached hydrogens (tertiary/aromatic N) is 1. The fourth-order valence-electron chi connectivity index (χ4n) is 2.55. The maximum Gasteiger partial charge on any atom is 0.335 e. The lowest BCUT2D eigenvalue weighted by Gasteiger charge is -2.18. The molecule has 2 amide bonds. The molecule has 0 fully saturated rings. The number of amides is 2. The molecule has 1 aromatic carbocycles. The van der Waals surface area contributed by atoms with Gasteiger partial charge in [-0.3, -0.25) is 4.90 Å². The second-order valence-electron chi connectivity index (χ2n) is 5.82. The van der Waals surface area contributed by atoms with Crippen LogP contribution < -0.4 is 10.2 Å². The van der Waals surface area contributed by atoms with Crippen molar-refractivity contribution in [2.24, 2.45) is 5.92 Å². The maximum atomic E-state index is 12.2. The van der Waals surface area contributed by atoms with Gasteiger partial charge in [0, 0.05) is 18.8 Å². The Labute approximate surface area is 125 Å². The first-order valence-electron chi connectivity index (χ1n) is 7.40. The van der Waals surface area contributed by atoms with Crippen LogP contribution in [0.15, 0.2) is 18.2 Å². The van der Waals surface area contributed by atoms with Crippen molar-refractivity contribution in [3.63, 3.8) is 0 Å². The van der Waals surface area contributed by atoms with E-state index >= 15 is 0 Å². The summed E-state index contributed by atoms with van der Waals surface area (Å²) in [5, 5.41) is 11.9. The van der Waals surface area contributed by atoms with E-state index in [9.17, 15) is 9.59 Å². The van der Waals surface area contributed by atoms with E-state index < -0.39 is 5.97 Å². The SMILES string of the molecule is CC(C)CCCNC(=O)N1CCc2cc(C(=O)O)ccc21. The number of aromatic carboxylic acids is 1. The second-order valence-corrected chi connectivity index (χ2v) is 5.82. The molecule has 2 N–H and O–H groups in total. The minimum atomic E-state index is -0.936. The van der Waals surface area contributed by atoms with Crippen molar-refractivity contribution in [1.29, 1.82) is 0 Å². The van der Waals surface area contributed by atoms with E-state index in [0.29, 0.717) is 25.4 Å². The molecular formula is C16H22N2O3. The molecule has 0 aromatic heterocycles. The Balaban J connectivity index is 1.95. The summed E-state index contributed by atoms with van der Waals surface area (Å²) in [5.41, 5.74) is 2.02. The molecule has 1 aliphatic heterocycles. The monoisotopic (exact) mass is 290 g/mol. The van der Waals surface area contributed by atoms with Crippen molar-refractivity contribution in [2.45, 2.75) is 33.1 Å². The molecule has 0 atom stereocenters. The molecule has 0 unspecified atom stereocenters. The number of benzene rings is 1. The standard InChI is InChI=1S/C16H22N2O3/c1-11(2)4-3-8-17-16(21)18-9-7-12-10-13(15(19)20)5-6-14(12)18/h5-6,10-11H,3-4,7-9H2,1-2H3,(H,17,21)(H,19,20). The number of carbonyl (C=O) groups is 2. The van der Waals surface area contributed by atoms with E-state index in [2.05, 4.69) is 19.2 Å². The van der Waals surface area contributed by atoms with Crippen LogP contribution in [0.1, 0.15) is 42.6 Å². The number of carboxylic acids is 1. The molecule has 21 heavy (non-hydrogen) atoms. The lowest BCUT2D eigenvalue weighted by Crippen LogP contribution is -2.39. The third-order valence-electron chi connectivity index (χ3n) is 3.70. The first kappa shape index (κ1) is 15.4. The van der Waals surface area contributed by atoms with Crippen molar-refractivity contribution in [3.05, 3.63) is 29.3 Å². The van der Waals surface area contributed by atoms with Gasteiger partial charge in [0.15, 0.2) is 0 Å². The maximum absolute atomic E-state index is 12.2. The van der Waals surface area contributed by atoms with Crippen LogP contribution in [0, 0.1) is 5.92 Å². The van der Waals surface area contributed by atoms with E-state index in [0.717, 1.165) is 24.1 Å². The third-order valence-corrected chi connectivity index (χ3v) is 3.70. The molecule has 5 heteroatoms. The highest BCUT2D eigenvalue weighted by atomic mass is 16.4. The summed E-state index contributed by atoms with van der Waals surface area (Å²) in [6.45, 7) is 5.61. The van der Waals surface area contributed by atoms with E-state index in [1.807, 2.05) is 0 Å². The lowest BCUT2D eigenvalue weighted by atomic mass is 10.1. The highest BCUT2D eigenvalue weighted by molar-refractivity contribution is 5.95. The van der Waals surface area contributed by atoms with Crippen molar-refractivity contribution >= 4 is 17.7 Å². The molecule has 2 rings (SSSR count). The van der Waals surface area contributed by atoms with Crippen LogP contribution in [-0.4, -0.2) is 30.2 Å². The van der Waals surface area contributed by atoms with E-state index in [1.165, 1.54) is 0 Å². The molecule has 0 saturated heterocycles. The number of rotatable bonds is 5. The lowest BCUT2D eigenvalue weighted by molar-refractivity contribution is 0.0697. The van der Waals surface area contributed by atoms with Gasteiger partial charge < -0.3 is 10.4 Å². The average molecular weight is 290 g/mol. The number of carboxylic acid groups (broad SMARTS) is 1. The van der Waals surface area contributed by atoms with Gasteiger partial charge in [-0.1, -0.05) is 13.8 Å². The summed E-state index contributed by atoms with van der Waals surface area (Å²) in [7, 11) is 0. The predicted octanol–water partition coefficient (Wildman–Crippen LogP) is 2.89. The molecule has 1 aromatic rings. The number of hydrogen-bond acceptors (Lipinski definition) is 2. The Hall–Kier alpha value is -2.04. The van der Waals surface area contributed by atoms with E-state index in [4.69, 9.17) is 5.11 Å². The number of nitrogens with one attached hydrogen (secondary N) is 1. The molecule has 1 heterocycles. The van der Waals surface area contributed by atoms with Gasteiger partial charge in [0.2, 0.25) is 0 Å². The van der Waals surface area contributed by atoms with Crippen LogP contribution in [0.3, 0.4) is 0 Å². The highest BCUT2D eigenvalue weighted by Gasteiger charge is 2.25. The first-order valence-corrected chi connectivity index (χ1v) is 7.40. The minimum absolute atomic E-state index is 0.0967. The predicted molar refractivity (Wildman–Crippen MR) is 81.9 cm³/mol. The number of hydrogen-bond donors (Lipinski definition) is 2. The number of carbonyl (C=O) groups excluding carboxylic acids is 1. The van der Waals surface area contributed by atoms with Crippen LogP contribution in [0.2, 0.25) is 0 Å². The van der Waals surface area contributed by atoms with Crippen LogP contribution in [0.25, 0.3) is 0 Å². The van der Waals surface area contributed by atoms with E-state index in [-0.39, 0.29) is 11.6 Å². The summed E-state index contributed by atoms with van der Waals surface area (Å²) in [4.78, 5) is 24.8. The van der Waals surface area contributed by atoms with Crippen molar-refractivity contribution < 1.29 is 14.7 Å². The summed E-state index contributed by atoms with van der Waals surface area (Å²) >= 11 is 0. The summed E-state index contributed by atoms with van der Waals surface area (Å²) < 4.78 is 0. The average Bonchev–Trinajstić information content (AvgIpc) is 2.86. The molecule has 5 nitrogen and oxygen atoms in total. The molecule has 114 valence electrons. The van der Waals surface area contributed by atoms with Gasteiger partial charge in [0.25, 0.3) is 0 Å². The van der Waals surface area contributed by atoms with Gasteiger partial charge in [-0.15, -0.1) is 0 Å². The van der Waals surface area contributed by atoms with Crippen molar-refractivity contribution in [3.8, 4) is 0 Å². The largest absolute Gasteiger partial charge is 0.478 e. The van der Waals surface area contributed by atoms with Crippen LogP contribution in [0.5, 0.6) is 0 Å². The van der Waals surface area contributed by atoms with Gasteiger partial charge in [-0.2, -0.15) is 0 Å². The molecule has 0 spiro atoms. The zero-order valence-electron chi connectivity index (χ0n) is 12.6. The number of fused-ring (bicyclic) bond motifs is 1. The minimum Gasteiger partial charge on any atom is -0.478 e. The fraction of sp³-hybridized carbons (Fsp3) is 0.500. The normalized spacial score (nSPS) is 13.4. The molecule has 0 saturated carbocycles. The Bertz CT molecular complexity index is 540. The number of urea groups is 1. The van der Waals surface area contributed by atoms with E-state index in [1.54, 1.807) is 23.1 Å². The quantitative estimate of drug-likeness (QED) is 0.819. The zero-order valence-corrected chi connectivity index (χ0v) is 12.6. The summed E-state index contributed by atoms with van der Waals surface area (Å²) in [5.74, 6) is -0.293. The van der Waals surface area contributed by atoms with Gasteiger partial charge in [0.1, 0.15) is 0 Å². The second kappa shape index (κ2) is 6.61. The van der Waals surface area contributed by atoms with Gasteiger partial charge in [-0.25, -0.2) is 9.59 Å². The third kappa shape index (κ3) is 3.74. The van der Waals surface area contributed by atoms with Gasteiger partial charge in [0.05, 0.1) is 5.56 Å². The van der Waals surface area contributed by atoms with Gasteiger partial charge in [-0.05, 0) is 48.9 Å². The van der Waals surface area contributed by atoms with Crippen molar-refractivity contribution in [2.75, 3.05) is 18.0 Å². The molecule has 0 bridgehead atoms. The Morgan fingerprint density at radius 3 is 2.81 bits per heavy atom. The molecule has 0 aliphatic carbocycles. The van der Waals surface area contributed by atoms with Crippen LogP contribution >= 0.6 is 0 Å². The molecule has 1 aliphatic rings. The highest BCUT2D eigenvalue weighted by Crippen LogP contribution is 2.28. The van der Waals surface area contributed by atoms with Crippen LogP contribution in [-0.2, 0) is 6.42 Å². The van der Waals surface area contributed by atoms with Gasteiger partial charge >= 0.3 is 12.0 Å². The Morgan fingerprint density at radius 2 is 2.14 bits per heavy atom. The fourth-order valence-corrected chi connectivity index (χ4v) is 2.55. The first-order chi connectivity index (χ1) is 9.99. The smallest absolute Gasteiger partial charge is 0.335 e. The van der Waals surface area contributed by atoms with Crippen LogP contribution in [0.4, 0.5) is 10.5 Å². The van der Waals surface area contributed by atoms with Crippen molar-refractivity contribution in [1.82, 2.24) is 5.32 Å².